The van der Waals surface area contributed by atoms with Gasteiger partial charge in [-0.1, -0.05) is 49.7 Å². The summed E-state index contributed by atoms with van der Waals surface area (Å²) in [5, 5.41) is 0. The Balaban J connectivity index is 0.000000278. The number of Topliss-reactive ketones (excluding diaryl/α,β-unsaturated/α-hetero) is 1. The molecule has 32 heavy (non-hydrogen) atoms. The molecule has 0 saturated heterocycles. The number of aryl methyl sites for hydroxylation is 1. The lowest BCUT2D eigenvalue weighted by molar-refractivity contribution is -0.137. The largest absolute Gasteiger partial charge is 0.443 e. The zero-order chi connectivity index (χ0) is 24.3. The van der Waals surface area contributed by atoms with E-state index in [4.69, 9.17) is 4.74 Å². The molecule has 7 heteroatoms. The van der Waals surface area contributed by atoms with E-state index in [2.05, 4.69) is 0 Å². The molecule has 174 valence electrons. The molecule has 3 rings (SSSR count). The lowest BCUT2D eigenvalue weighted by Crippen LogP contribution is -2.35. The highest BCUT2D eigenvalue weighted by Gasteiger charge is 2.30. The van der Waals surface area contributed by atoms with E-state index < -0.39 is 17.3 Å². The second-order valence-electron chi connectivity index (χ2n) is 9.11. The highest BCUT2D eigenvalue weighted by Crippen LogP contribution is 2.31. The molecule has 2 aromatic rings. The Bertz CT molecular complexity index is 975. The second kappa shape index (κ2) is 9.76. The summed E-state index contributed by atoms with van der Waals surface area (Å²) in [5.41, 5.74) is 2.05. The molecule has 0 fully saturated rings. The number of amides is 1. The molecule has 0 aromatic heterocycles. The van der Waals surface area contributed by atoms with Crippen molar-refractivity contribution in [2.45, 2.75) is 59.7 Å². The van der Waals surface area contributed by atoms with Crippen LogP contribution in [0.15, 0.2) is 42.5 Å². The fourth-order valence-electron chi connectivity index (χ4n) is 3.19. The van der Waals surface area contributed by atoms with Crippen LogP contribution in [-0.2, 0) is 17.3 Å². The van der Waals surface area contributed by atoms with Crippen molar-refractivity contribution in [3.63, 3.8) is 0 Å². The van der Waals surface area contributed by atoms with Gasteiger partial charge in [0.15, 0.2) is 5.78 Å². The van der Waals surface area contributed by atoms with E-state index in [1.165, 1.54) is 6.07 Å². The molecule has 1 heterocycles. The van der Waals surface area contributed by atoms with Crippen LogP contribution in [0.1, 0.15) is 61.7 Å². The fraction of sp³-hybridized carbons (Fsp3) is 0.440. The van der Waals surface area contributed by atoms with Gasteiger partial charge >= 0.3 is 12.3 Å². The Morgan fingerprint density at radius 1 is 1.03 bits per heavy atom. The van der Waals surface area contributed by atoms with Gasteiger partial charge in [0, 0.05) is 18.0 Å². The number of rotatable bonds is 2. The summed E-state index contributed by atoms with van der Waals surface area (Å²) in [4.78, 5) is 26.0. The maximum atomic E-state index is 12.3. The maximum Gasteiger partial charge on any atom is 0.416 e. The Morgan fingerprint density at radius 2 is 1.69 bits per heavy atom. The first-order valence-electron chi connectivity index (χ1n) is 10.5. The number of hydrogen-bond donors (Lipinski definition) is 0. The van der Waals surface area contributed by atoms with E-state index in [0.29, 0.717) is 17.7 Å². The molecule has 2 aromatic carbocycles. The van der Waals surface area contributed by atoms with E-state index >= 15 is 0 Å². The minimum absolute atomic E-state index is 0.0561. The Kier molecular flexibility index (Phi) is 7.75. The standard InChI is InChI=1S/C17H23NO3.C8H7F3/c1-11(2)15(19)13-7-6-12-8-9-18(14(12)10-13)16(20)21-17(3,4)5;1-6-3-2-4-7(5-6)8(9,10)11/h6-7,10-11H,8-9H2,1-5H3;2-5H,1H3. The quantitative estimate of drug-likeness (QED) is 0.472. The van der Waals surface area contributed by atoms with Crippen molar-refractivity contribution in [3.8, 4) is 0 Å². The van der Waals surface area contributed by atoms with Crippen molar-refractivity contribution in [2.24, 2.45) is 5.92 Å². The maximum absolute atomic E-state index is 12.3. The lowest BCUT2D eigenvalue weighted by Gasteiger charge is -2.25. The second-order valence-corrected chi connectivity index (χ2v) is 9.11. The third-order valence-electron chi connectivity index (χ3n) is 4.75. The molecule has 1 amide bonds. The number of fused-ring (bicyclic) bond motifs is 1. The van der Waals surface area contributed by atoms with Crippen molar-refractivity contribution < 1.29 is 27.5 Å². The molecule has 0 bridgehead atoms. The van der Waals surface area contributed by atoms with Gasteiger partial charge in [0.1, 0.15) is 5.60 Å². The van der Waals surface area contributed by atoms with E-state index in [1.807, 2.05) is 52.8 Å². The molecule has 4 nitrogen and oxygen atoms in total. The van der Waals surface area contributed by atoms with E-state index in [1.54, 1.807) is 17.9 Å². The first-order valence-corrected chi connectivity index (χ1v) is 10.5. The van der Waals surface area contributed by atoms with Gasteiger partial charge in [-0.15, -0.1) is 0 Å². The highest BCUT2D eigenvalue weighted by atomic mass is 19.4. The van der Waals surface area contributed by atoms with Crippen LogP contribution < -0.4 is 4.90 Å². The molecule has 0 saturated carbocycles. The topological polar surface area (TPSA) is 46.6 Å². The normalized spacial score (nSPS) is 13.4. The molecular weight excluding hydrogens is 419 g/mol. The predicted octanol–water partition coefficient (Wildman–Crippen LogP) is 6.84. The molecule has 0 spiro atoms. The number of benzene rings is 2. The van der Waals surface area contributed by atoms with Gasteiger partial charge in [0.2, 0.25) is 0 Å². The fourth-order valence-corrected chi connectivity index (χ4v) is 3.19. The smallest absolute Gasteiger partial charge is 0.416 e. The van der Waals surface area contributed by atoms with Crippen molar-refractivity contribution in [1.29, 1.82) is 0 Å². The van der Waals surface area contributed by atoms with Crippen molar-refractivity contribution in [3.05, 3.63) is 64.7 Å². The van der Waals surface area contributed by atoms with Crippen LogP contribution in [0, 0.1) is 12.8 Å². The number of alkyl halides is 3. The summed E-state index contributed by atoms with van der Waals surface area (Å²) in [7, 11) is 0. The SMILES string of the molecule is CC(C)C(=O)c1ccc2c(c1)N(C(=O)OC(C)(C)C)CC2.Cc1cccc(C(F)(F)F)c1. The molecular formula is C25H30F3NO3. The van der Waals surface area contributed by atoms with Crippen molar-refractivity contribution in [2.75, 3.05) is 11.4 Å². The zero-order valence-corrected chi connectivity index (χ0v) is 19.3. The van der Waals surface area contributed by atoms with Crippen LogP contribution in [0.5, 0.6) is 0 Å². The third kappa shape index (κ3) is 6.84. The van der Waals surface area contributed by atoms with Crippen LogP contribution in [0.3, 0.4) is 0 Å². The average molecular weight is 450 g/mol. The third-order valence-corrected chi connectivity index (χ3v) is 4.75. The highest BCUT2D eigenvalue weighted by molar-refractivity contribution is 6.00. The number of carbonyl (C=O) groups is 2. The molecule has 0 atom stereocenters. The van der Waals surface area contributed by atoms with E-state index in [-0.39, 0.29) is 17.8 Å². The average Bonchev–Trinajstić information content (AvgIpc) is 3.09. The van der Waals surface area contributed by atoms with E-state index in [0.717, 1.165) is 29.8 Å². The molecule has 0 aliphatic carbocycles. The minimum atomic E-state index is -4.22. The number of hydrogen-bond acceptors (Lipinski definition) is 3. The van der Waals surface area contributed by atoms with Gasteiger partial charge in [0.05, 0.1) is 11.3 Å². The van der Waals surface area contributed by atoms with Gasteiger partial charge in [-0.3, -0.25) is 9.69 Å². The minimum Gasteiger partial charge on any atom is -0.443 e. The number of ether oxygens (including phenoxy) is 1. The van der Waals surface area contributed by atoms with Gasteiger partial charge in [-0.05, 0) is 51.8 Å². The predicted molar refractivity (Wildman–Crippen MR) is 119 cm³/mol. The lowest BCUT2D eigenvalue weighted by atomic mass is 9.99. The van der Waals surface area contributed by atoms with Gasteiger partial charge in [-0.2, -0.15) is 13.2 Å². The number of anilines is 1. The monoisotopic (exact) mass is 449 g/mol. The Morgan fingerprint density at radius 3 is 2.19 bits per heavy atom. The number of halogens is 3. The van der Waals surface area contributed by atoms with Crippen LogP contribution in [0.25, 0.3) is 0 Å². The van der Waals surface area contributed by atoms with Crippen LogP contribution >= 0.6 is 0 Å². The Labute approximate surface area is 187 Å². The first-order chi connectivity index (χ1) is 14.7. The summed E-state index contributed by atoms with van der Waals surface area (Å²) in [6, 6.07) is 10.8. The zero-order valence-electron chi connectivity index (χ0n) is 19.3. The van der Waals surface area contributed by atoms with Crippen LogP contribution in [0.2, 0.25) is 0 Å². The van der Waals surface area contributed by atoms with Gasteiger partial charge in [-0.25, -0.2) is 4.79 Å². The molecule has 1 aliphatic rings. The van der Waals surface area contributed by atoms with E-state index in [9.17, 15) is 22.8 Å². The van der Waals surface area contributed by atoms with Crippen molar-refractivity contribution in [1.82, 2.24) is 0 Å². The molecule has 0 N–H and O–H groups in total. The number of ketones is 1. The summed E-state index contributed by atoms with van der Waals surface area (Å²) < 4.78 is 41.3. The molecule has 0 unspecified atom stereocenters. The summed E-state index contributed by atoms with van der Waals surface area (Å²) in [6.07, 6.45) is -3.77. The van der Waals surface area contributed by atoms with Gasteiger partial charge in [0.25, 0.3) is 0 Å². The summed E-state index contributed by atoms with van der Waals surface area (Å²) in [5.74, 6) is 0.0354. The van der Waals surface area contributed by atoms with Crippen molar-refractivity contribution >= 4 is 17.6 Å². The first kappa shape index (κ1) is 25.4. The molecule has 1 aliphatic heterocycles. The van der Waals surface area contributed by atoms with Gasteiger partial charge < -0.3 is 4.74 Å². The van der Waals surface area contributed by atoms with Crippen LogP contribution in [-0.4, -0.2) is 24.0 Å². The number of nitrogens with zero attached hydrogens (tertiary/aromatic N) is 1. The summed E-state index contributed by atoms with van der Waals surface area (Å²) >= 11 is 0. The number of carbonyl (C=O) groups excluding carboxylic acids is 2. The molecule has 0 radical (unpaired) electrons. The van der Waals surface area contributed by atoms with Crippen LogP contribution in [0.4, 0.5) is 23.7 Å². The Hall–Kier alpha value is -2.83. The summed E-state index contributed by atoms with van der Waals surface area (Å²) in [6.45, 7) is 11.5.